The summed E-state index contributed by atoms with van der Waals surface area (Å²) in [4.78, 5) is 0.118. The van der Waals surface area contributed by atoms with E-state index in [9.17, 15) is 13.5 Å². The molecule has 1 aromatic carbocycles. The molecule has 0 amide bonds. The minimum atomic E-state index is -3.66. The predicted octanol–water partition coefficient (Wildman–Crippen LogP) is 0.515. The minimum Gasteiger partial charge on any atom is -0.497 e. The van der Waals surface area contributed by atoms with Crippen LogP contribution in [0.5, 0.6) is 5.75 Å². The first-order valence-corrected chi connectivity index (χ1v) is 7.87. The highest BCUT2D eigenvalue weighted by molar-refractivity contribution is 7.89. The summed E-state index contributed by atoms with van der Waals surface area (Å²) in [6.45, 7) is 0.866. The third kappa shape index (κ3) is 3.69. The standard InChI is InChI=1S/C13H19NO5S/c1-18-11-3-2-4-12(9-11)20(16,17)14-10-13(15)5-7-19-8-6-13/h2-4,9,14-15H,5-8,10H2,1H3. The fraction of sp³-hybridized carbons (Fsp3) is 0.538. The number of hydrogen-bond donors (Lipinski definition) is 2. The lowest BCUT2D eigenvalue weighted by Crippen LogP contribution is -2.46. The number of aliphatic hydroxyl groups is 1. The van der Waals surface area contributed by atoms with Crippen LogP contribution in [-0.4, -0.2) is 46.0 Å². The van der Waals surface area contributed by atoms with E-state index in [2.05, 4.69) is 4.72 Å². The Labute approximate surface area is 118 Å². The number of methoxy groups -OCH3 is 1. The van der Waals surface area contributed by atoms with Crippen LogP contribution in [0.15, 0.2) is 29.2 Å². The molecule has 2 N–H and O–H groups in total. The molecule has 0 radical (unpaired) electrons. The maximum absolute atomic E-state index is 12.2. The van der Waals surface area contributed by atoms with E-state index in [1.807, 2.05) is 0 Å². The fourth-order valence-electron chi connectivity index (χ4n) is 2.01. The van der Waals surface area contributed by atoms with Gasteiger partial charge in [0.15, 0.2) is 0 Å². The second kappa shape index (κ2) is 6.09. The van der Waals surface area contributed by atoms with E-state index >= 15 is 0 Å². The molecule has 20 heavy (non-hydrogen) atoms. The summed E-state index contributed by atoms with van der Waals surface area (Å²) >= 11 is 0. The molecule has 1 saturated heterocycles. The van der Waals surface area contributed by atoms with Crippen LogP contribution < -0.4 is 9.46 Å². The van der Waals surface area contributed by atoms with Gasteiger partial charge in [-0.2, -0.15) is 0 Å². The van der Waals surface area contributed by atoms with E-state index in [1.54, 1.807) is 12.1 Å². The van der Waals surface area contributed by atoms with E-state index in [1.165, 1.54) is 19.2 Å². The van der Waals surface area contributed by atoms with Crippen molar-refractivity contribution in [3.8, 4) is 5.75 Å². The van der Waals surface area contributed by atoms with Crippen molar-refractivity contribution in [2.45, 2.75) is 23.3 Å². The Morgan fingerprint density at radius 1 is 1.40 bits per heavy atom. The van der Waals surface area contributed by atoms with Gasteiger partial charge in [-0.25, -0.2) is 13.1 Å². The van der Waals surface area contributed by atoms with Crippen LogP contribution >= 0.6 is 0 Å². The van der Waals surface area contributed by atoms with E-state index in [0.29, 0.717) is 31.8 Å². The van der Waals surface area contributed by atoms with Gasteiger partial charge >= 0.3 is 0 Å². The molecule has 6 nitrogen and oxygen atoms in total. The van der Waals surface area contributed by atoms with Gasteiger partial charge < -0.3 is 14.6 Å². The number of rotatable bonds is 5. The van der Waals surface area contributed by atoms with Gasteiger partial charge in [0.05, 0.1) is 17.6 Å². The summed E-state index contributed by atoms with van der Waals surface area (Å²) in [7, 11) is -2.19. The molecular formula is C13H19NO5S. The van der Waals surface area contributed by atoms with Crippen LogP contribution in [0.4, 0.5) is 0 Å². The Balaban J connectivity index is 2.06. The molecule has 2 rings (SSSR count). The van der Waals surface area contributed by atoms with Crippen LogP contribution in [0.1, 0.15) is 12.8 Å². The fourth-order valence-corrected chi connectivity index (χ4v) is 3.16. The van der Waals surface area contributed by atoms with Gasteiger partial charge in [0.1, 0.15) is 5.75 Å². The zero-order chi connectivity index (χ0) is 14.6. The molecule has 0 aliphatic carbocycles. The summed E-state index contributed by atoms with van der Waals surface area (Å²) < 4.78 is 37.0. The first kappa shape index (κ1) is 15.2. The molecule has 1 fully saturated rings. The van der Waals surface area contributed by atoms with Gasteiger partial charge in [0, 0.05) is 38.7 Å². The Bertz CT molecular complexity index is 552. The molecule has 1 aliphatic heterocycles. The van der Waals surface area contributed by atoms with Crippen molar-refractivity contribution in [2.75, 3.05) is 26.9 Å². The third-order valence-corrected chi connectivity index (χ3v) is 4.77. The van der Waals surface area contributed by atoms with E-state index in [0.717, 1.165) is 0 Å². The van der Waals surface area contributed by atoms with Crippen LogP contribution in [0.2, 0.25) is 0 Å². The van der Waals surface area contributed by atoms with Crippen LogP contribution in [-0.2, 0) is 14.8 Å². The van der Waals surface area contributed by atoms with Crippen molar-refractivity contribution in [1.82, 2.24) is 4.72 Å². The SMILES string of the molecule is COc1cccc(S(=O)(=O)NCC2(O)CCOCC2)c1. The lowest BCUT2D eigenvalue weighted by molar-refractivity contribution is -0.0588. The second-order valence-corrected chi connectivity index (χ2v) is 6.61. The molecule has 7 heteroatoms. The largest absolute Gasteiger partial charge is 0.497 e. The summed E-state index contributed by atoms with van der Waals surface area (Å²) in [6, 6.07) is 6.21. The molecule has 0 unspecified atom stereocenters. The maximum Gasteiger partial charge on any atom is 0.240 e. The molecule has 1 aliphatic rings. The van der Waals surface area contributed by atoms with Gasteiger partial charge in [-0.05, 0) is 12.1 Å². The first-order chi connectivity index (χ1) is 9.45. The quantitative estimate of drug-likeness (QED) is 0.828. The molecule has 112 valence electrons. The highest BCUT2D eigenvalue weighted by atomic mass is 32.2. The third-order valence-electron chi connectivity index (χ3n) is 3.37. The number of ether oxygens (including phenoxy) is 2. The van der Waals surface area contributed by atoms with Crippen LogP contribution in [0.3, 0.4) is 0 Å². The predicted molar refractivity (Wildman–Crippen MR) is 73.2 cm³/mol. The average molecular weight is 301 g/mol. The van der Waals surface area contributed by atoms with Gasteiger partial charge in [-0.1, -0.05) is 6.07 Å². The average Bonchev–Trinajstić information content (AvgIpc) is 2.46. The number of sulfonamides is 1. The zero-order valence-electron chi connectivity index (χ0n) is 11.3. The van der Waals surface area contributed by atoms with Crippen molar-refractivity contribution in [3.05, 3.63) is 24.3 Å². The minimum absolute atomic E-state index is 0.0180. The normalized spacial score (nSPS) is 18.7. The number of benzene rings is 1. The van der Waals surface area contributed by atoms with Gasteiger partial charge in [0.2, 0.25) is 10.0 Å². The molecule has 0 saturated carbocycles. The highest BCUT2D eigenvalue weighted by Gasteiger charge is 2.31. The van der Waals surface area contributed by atoms with Crippen molar-refractivity contribution >= 4 is 10.0 Å². The van der Waals surface area contributed by atoms with Gasteiger partial charge in [-0.15, -0.1) is 0 Å². The topological polar surface area (TPSA) is 84.9 Å². The smallest absolute Gasteiger partial charge is 0.240 e. The summed E-state index contributed by atoms with van der Waals surface area (Å²) in [5, 5.41) is 10.3. The molecule has 1 heterocycles. The Hall–Kier alpha value is -1.15. The molecule has 0 aromatic heterocycles. The number of hydrogen-bond acceptors (Lipinski definition) is 5. The van der Waals surface area contributed by atoms with E-state index < -0.39 is 15.6 Å². The maximum atomic E-state index is 12.2. The molecule has 0 atom stereocenters. The zero-order valence-corrected chi connectivity index (χ0v) is 12.1. The Kier molecular flexibility index (Phi) is 4.64. The Morgan fingerprint density at radius 2 is 2.10 bits per heavy atom. The van der Waals surface area contributed by atoms with E-state index in [-0.39, 0.29) is 11.4 Å². The van der Waals surface area contributed by atoms with Crippen molar-refractivity contribution in [3.63, 3.8) is 0 Å². The van der Waals surface area contributed by atoms with Crippen molar-refractivity contribution < 1.29 is 23.0 Å². The summed E-state index contributed by atoms with van der Waals surface area (Å²) in [6.07, 6.45) is 0.848. The second-order valence-electron chi connectivity index (χ2n) is 4.84. The molecule has 0 spiro atoms. The van der Waals surface area contributed by atoms with Crippen molar-refractivity contribution in [1.29, 1.82) is 0 Å². The first-order valence-electron chi connectivity index (χ1n) is 6.39. The van der Waals surface area contributed by atoms with Gasteiger partial charge in [-0.3, -0.25) is 0 Å². The lowest BCUT2D eigenvalue weighted by Gasteiger charge is -2.31. The van der Waals surface area contributed by atoms with E-state index in [4.69, 9.17) is 9.47 Å². The lowest BCUT2D eigenvalue weighted by atomic mass is 9.95. The van der Waals surface area contributed by atoms with Crippen molar-refractivity contribution in [2.24, 2.45) is 0 Å². The monoisotopic (exact) mass is 301 g/mol. The molecule has 0 bridgehead atoms. The Morgan fingerprint density at radius 3 is 2.75 bits per heavy atom. The summed E-state index contributed by atoms with van der Waals surface area (Å²) in [5.41, 5.74) is -1.04. The van der Waals surface area contributed by atoms with Crippen LogP contribution in [0.25, 0.3) is 0 Å². The molecular weight excluding hydrogens is 282 g/mol. The highest BCUT2D eigenvalue weighted by Crippen LogP contribution is 2.21. The molecule has 1 aromatic rings. The number of nitrogens with one attached hydrogen (secondary N) is 1. The van der Waals surface area contributed by atoms with Gasteiger partial charge in [0.25, 0.3) is 0 Å². The summed E-state index contributed by atoms with van der Waals surface area (Å²) in [5.74, 6) is 0.470. The van der Waals surface area contributed by atoms with Crippen LogP contribution in [0, 0.1) is 0 Å².